The Balaban J connectivity index is 2.38. The first kappa shape index (κ1) is 15.1. The fourth-order valence-corrected chi connectivity index (χ4v) is 3.96. The number of sulfone groups is 1. The van der Waals surface area contributed by atoms with Gasteiger partial charge in [0.05, 0.1) is 4.90 Å². The van der Waals surface area contributed by atoms with Crippen molar-refractivity contribution in [2.75, 3.05) is 0 Å². The third-order valence-electron chi connectivity index (χ3n) is 3.51. The van der Waals surface area contributed by atoms with E-state index >= 15 is 0 Å². The molecule has 0 radical (unpaired) electrons. The monoisotopic (exact) mass is 328 g/mol. The molecule has 0 aromatic heterocycles. The zero-order chi connectivity index (χ0) is 16.6. The molecule has 0 bridgehead atoms. The summed E-state index contributed by atoms with van der Waals surface area (Å²) < 4.78 is 25.8. The molecule has 116 valence electrons. The Morgan fingerprint density at radius 1 is 0.696 bits per heavy atom. The molecule has 0 amide bonds. The zero-order valence-corrected chi connectivity index (χ0v) is 12.6. The molecule has 3 rings (SSSR count). The summed E-state index contributed by atoms with van der Waals surface area (Å²) in [5, 5.41) is 20.8. The molecule has 0 heterocycles. The highest BCUT2D eigenvalue weighted by atomic mass is 32.2. The van der Waals surface area contributed by atoms with Gasteiger partial charge in [-0.2, -0.15) is 0 Å². The lowest BCUT2D eigenvalue weighted by Gasteiger charge is -2.08. The highest BCUT2D eigenvalue weighted by molar-refractivity contribution is 7.91. The van der Waals surface area contributed by atoms with Crippen LogP contribution in [0.1, 0.15) is 0 Å². The van der Waals surface area contributed by atoms with Crippen LogP contribution < -0.4 is 5.43 Å². The van der Waals surface area contributed by atoms with E-state index < -0.39 is 31.7 Å². The minimum atomic E-state index is -4.13. The molecule has 0 saturated carbocycles. The van der Waals surface area contributed by atoms with Crippen molar-refractivity contribution in [1.29, 1.82) is 0 Å². The summed E-state index contributed by atoms with van der Waals surface area (Å²) in [4.78, 5) is 10.9. The lowest BCUT2D eigenvalue weighted by Crippen LogP contribution is -2.03. The van der Waals surface area contributed by atoms with Gasteiger partial charge in [-0.05, 0) is 23.6 Å². The zero-order valence-electron chi connectivity index (χ0n) is 11.8. The van der Waals surface area contributed by atoms with Crippen molar-refractivity contribution in [3.05, 3.63) is 70.9 Å². The lowest BCUT2D eigenvalue weighted by atomic mass is 10.1. The van der Waals surface area contributed by atoms with Gasteiger partial charge in [-0.3, -0.25) is 4.79 Å². The first-order chi connectivity index (χ1) is 10.9. The number of aromatic hydroxyl groups is 2. The molecule has 3 aromatic carbocycles. The summed E-state index contributed by atoms with van der Waals surface area (Å²) in [5.74, 6) is -1.94. The van der Waals surface area contributed by atoms with E-state index in [-0.39, 0.29) is 4.90 Å². The van der Waals surface area contributed by atoms with Crippen LogP contribution >= 0.6 is 0 Å². The smallest absolute Gasteiger partial charge is 0.224 e. The second kappa shape index (κ2) is 5.40. The fourth-order valence-electron chi connectivity index (χ4n) is 2.38. The highest BCUT2D eigenvalue weighted by Crippen LogP contribution is 2.34. The van der Waals surface area contributed by atoms with Crippen molar-refractivity contribution in [2.24, 2.45) is 0 Å². The quantitative estimate of drug-likeness (QED) is 0.754. The van der Waals surface area contributed by atoms with E-state index in [0.29, 0.717) is 5.39 Å². The van der Waals surface area contributed by atoms with Gasteiger partial charge in [0.25, 0.3) is 0 Å². The van der Waals surface area contributed by atoms with E-state index in [9.17, 15) is 23.4 Å². The molecule has 23 heavy (non-hydrogen) atoms. The fraction of sp³-hybridized carbons (Fsp3) is 0. The Kier molecular flexibility index (Phi) is 3.54. The van der Waals surface area contributed by atoms with Crippen LogP contribution in [-0.2, 0) is 9.84 Å². The molecule has 0 fully saturated rings. The summed E-state index contributed by atoms with van der Waals surface area (Å²) >= 11 is 0. The van der Waals surface area contributed by atoms with Crippen LogP contribution in [0.2, 0.25) is 0 Å². The van der Waals surface area contributed by atoms with Crippen molar-refractivity contribution in [3.8, 4) is 11.5 Å². The summed E-state index contributed by atoms with van der Waals surface area (Å²) in [6.07, 6.45) is 0. The van der Waals surface area contributed by atoms with Gasteiger partial charge in [0.2, 0.25) is 21.0 Å². The molecule has 6 heteroatoms. The third kappa shape index (κ3) is 2.43. The summed E-state index contributed by atoms with van der Waals surface area (Å²) in [5.41, 5.74) is -0.859. The van der Waals surface area contributed by atoms with Crippen molar-refractivity contribution >= 4 is 20.6 Å². The molecule has 0 spiro atoms. The molecule has 0 aliphatic heterocycles. The van der Waals surface area contributed by atoms with E-state index in [2.05, 4.69) is 0 Å². The van der Waals surface area contributed by atoms with Crippen LogP contribution in [0.25, 0.3) is 10.8 Å². The Labute approximate surface area is 132 Å². The van der Waals surface area contributed by atoms with E-state index in [1.807, 2.05) is 0 Å². The van der Waals surface area contributed by atoms with Crippen LogP contribution in [-0.4, -0.2) is 18.6 Å². The topological polar surface area (TPSA) is 91.7 Å². The molecule has 0 aliphatic rings. The van der Waals surface area contributed by atoms with E-state index in [4.69, 9.17) is 0 Å². The van der Waals surface area contributed by atoms with Gasteiger partial charge in [-0.1, -0.05) is 42.5 Å². The summed E-state index contributed by atoms with van der Waals surface area (Å²) in [6.45, 7) is 0. The number of fused-ring (bicyclic) bond motifs is 1. The van der Waals surface area contributed by atoms with Crippen molar-refractivity contribution in [3.63, 3.8) is 0 Å². The molecule has 0 atom stereocenters. The summed E-state index contributed by atoms with van der Waals surface area (Å²) in [7, 11) is -4.13. The molecular weight excluding hydrogens is 316 g/mol. The average Bonchev–Trinajstić information content (AvgIpc) is 2.68. The molecule has 2 N–H and O–H groups in total. The van der Waals surface area contributed by atoms with Crippen LogP contribution in [0, 0.1) is 0 Å². The number of benzene rings is 2. The van der Waals surface area contributed by atoms with E-state index in [1.54, 1.807) is 36.4 Å². The van der Waals surface area contributed by atoms with Gasteiger partial charge >= 0.3 is 0 Å². The first-order valence-corrected chi connectivity index (χ1v) is 8.19. The third-order valence-corrected chi connectivity index (χ3v) is 5.36. The Morgan fingerprint density at radius 2 is 1.30 bits per heavy atom. The summed E-state index contributed by atoms with van der Waals surface area (Å²) in [6, 6.07) is 14.9. The van der Waals surface area contributed by atoms with Gasteiger partial charge < -0.3 is 10.2 Å². The second-order valence-corrected chi connectivity index (χ2v) is 6.82. The Morgan fingerprint density at radius 3 is 2.09 bits per heavy atom. The normalized spacial score (nSPS) is 11.5. The number of rotatable bonds is 2. The minimum Gasteiger partial charge on any atom is -0.503 e. The SMILES string of the molecule is O=c1cccc(S(=O)(=O)c2cccc3ccccc23)c(O)c1O. The lowest BCUT2D eigenvalue weighted by molar-refractivity contribution is 0.392. The van der Waals surface area contributed by atoms with Gasteiger partial charge in [-0.25, -0.2) is 8.42 Å². The number of hydrogen-bond donors (Lipinski definition) is 2. The van der Waals surface area contributed by atoms with Crippen LogP contribution in [0.3, 0.4) is 0 Å². The largest absolute Gasteiger partial charge is 0.503 e. The molecule has 3 aromatic rings. The van der Waals surface area contributed by atoms with Gasteiger partial charge in [0.15, 0.2) is 5.75 Å². The van der Waals surface area contributed by atoms with Crippen LogP contribution in [0.15, 0.2) is 75.2 Å². The Bertz CT molecular complexity index is 1070. The maximum Gasteiger partial charge on any atom is 0.224 e. The first-order valence-electron chi connectivity index (χ1n) is 6.71. The van der Waals surface area contributed by atoms with Crippen molar-refractivity contribution in [1.82, 2.24) is 0 Å². The standard InChI is InChI=1S/C17H12O5S/c18-13-8-4-10-15(17(20)16(13)19)23(21,22)14-9-3-6-11-5-1-2-7-12(11)14/h1-10H,(H2,18,19,20). The maximum absolute atomic E-state index is 12.9. The minimum absolute atomic E-state index is 0.0102. The molecule has 5 nitrogen and oxygen atoms in total. The van der Waals surface area contributed by atoms with Crippen LogP contribution in [0.5, 0.6) is 11.5 Å². The second-order valence-electron chi connectivity index (χ2n) is 4.93. The average molecular weight is 328 g/mol. The Hall–Kier alpha value is -2.86. The highest BCUT2D eigenvalue weighted by Gasteiger charge is 2.25. The maximum atomic E-state index is 12.9. The van der Waals surface area contributed by atoms with Crippen molar-refractivity contribution in [2.45, 2.75) is 9.79 Å². The number of hydrogen-bond acceptors (Lipinski definition) is 5. The van der Waals surface area contributed by atoms with Crippen molar-refractivity contribution < 1.29 is 18.6 Å². The van der Waals surface area contributed by atoms with Crippen LogP contribution in [0.4, 0.5) is 0 Å². The molecule has 0 saturated heterocycles. The van der Waals surface area contributed by atoms with Gasteiger partial charge in [0.1, 0.15) is 4.90 Å². The predicted molar refractivity (Wildman–Crippen MR) is 85.4 cm³/mol. The van der Waals surface area contributed by atoms with Gasteiger partial charge in [0, 0.05) is 5.39 Å². The molecular formula is C17H12O5S. The predicted octanol–water partition coefficient (Wildman–Crippen LogP) is 2.44. The van der Waals surface area contributed by atoms with E-state index in [1.165, 1.54) is 12.1 Å². The van der Waals surface area contributed by atoms with E-state index in [0.717, 1.165) is 17.5 Å². The molecule has 0 aliphatic carbocycles. The van der Waals surface area contributed by atoms with Gasteiger partial charge in [-0.15, -0.1) is 0 Å². The molecule has 0 unspecified atom stereocenters.